The highest BCUT2D eigenvalue weighted by molar-refractivity contribution is 4.65. The predicted octanol–water partition coefficient (Wildman–Crippen LogP) is -0.253. The van der Waals surface area contributed by atoms with E-state index in [-0.39, 0.29) is 12.7 Å². The molecule has 1 radical (unpaired) electrons. The van der Waals surface area contributed by atoms with Crippen molar-refractivity contribution in [2.24, 2.45) is 0 Å². The van der Waals surface area contributed by atoms with Crippen molar-refractivity contribution >= 4 is 0 Å². The van der Waals surface area contributed by atoms with E-state index in [0.717, 1.165) is 0 Å². The van der Waals surface area contributed by atoms with Crippen molar-refractivity contribution in [1.29, 1.82) is 0 Å². The van der Waals surface area contributed by atoms with Gasteiger partial charge in [-0.3, -0.25) is 0 Å². The van der Waals surface area contributed by atoms with Gasteiger partial charge in [0.25, 0.3) is 0 Å². The van der Waals surface area contributed by atoms with Crippen molar-refractivity contribution in [2.45, 2.75) is 6.10 Å². The highest BCUT2D eigenvalue weighted by Gasteiger charge is 2.22. The van der Waals surface area contributed by atoms with Crippen LogP contribution in [0.25, 0.3) is 0 Å². The van der Waals surface area contributed by atoms with Gasteiger partial charge in [0.1, 0.15) is 12.7 Å². The molecule has 0 aliphatic carbocycles. The largest absolute Gasteiger partial charge is 0.370 e. The van der Waals surface area contributed by atoms with Gasteiger partial charge in [0.15, 0.2) is 0 Å². The lowest BCUT2D eigenvalue weighted by Crippen LogP contribution is -1.94. The summed E-state index contributed by atoms with van der Waals surface area (Å²) in [6.07, 6.45) is 0.113. The van der Waals surface area contributed by atoms with Crippen molar-refractivity contribution in [1.82, 2.24) is 0 Å². The van der Waals surface area contributed by atoms with Gasteiger partial charge in [-0.1, -0.05) is 0 Å². The van der Waals surface area contributed by atoms with Gasteiger partial charge >= 0.3 is 0 Å². The van der Waals surface area contributed by atoms with Crippen molar-refractivity contribution < 1.29 is 14.9 Å². The van der Waals surface area contributed by atoms with Crippen LogP contribution in [-0.2, 0) is 14.9 Å². The fourth-order valence-electron chi connectivity index (χ4n) is 0.240. The fourth-order valence-corrected chi connectivity index (χ4v) is 0.240. The summed E-state index contributed by atoms with van der Waals surface area (Å²) in [6, 6.07) is 0. The van der Waals surface area contributed by atoms with Crippen LogP contribution >= 0.6 is 0 Å². The maximum Gasteiger partial charge on any atom is 0.114 e. The molecule has 0 spiro atoms. The number of hydrogen-bond donors (Lipinski definition) is 0. The van der Waals surface area contributed by atoms with Crippen molar-refractivity contribution in [3.8, 4) is 0 Å². The van der Waals surface area contributed by atoms with Crippen LogP contribution < -0.4 is 0 Å². The van der Waals surface area contributed by atoms with Crippen molar-refractivity contribution in [2.75, 3.05) is 13.2 Å². The van der Waals surface area contributed by atoms with E-state index in [0.29, 0.717) is 6.61 Å². The molecule has 35 valence electrons. The summed E-state index contributed by atoms with van der Waals surface area (Å²) in [5.41, 5.74) is 0. The third-order valence-corrected chi connectivity index (χ3v) is 0.656. The Hall–Kier alpha value is -0.120. The lowest BCUT2D eigenvalue weighted by molar-refractivity contribution is -0.305. The zero-order valence-electron chi connectivity index (χ0n) is 3.22. The van der Waals surface area contributed by atoms with Crippen LogP contribution in [0.3, 0.4) is 0 Å². The van der Waals surface area contributed by atoms with Crippen LogP contribution in [0.2, 0.25) is 0 Å². The van der Waals surface area contributed by atoms with E-state index in [9.17, 15) is 5.26 Å². The van der Waals surface area contributed by atoms with Gasteiger partial charge in [-0.25, -0.2) is 4.89 Å². The molecule has 0 saturated carbocycles. The zero-order valence-corrected chi connectivity index (χ0v) is 3.22. The Bertz CT molecular complexity index is 41.3. The second-order valence-corrected chi connectivity index (χ2v) is 1.24. The molecule has 0 amide bonds. The van der Waals surface area contributed by atoms with Gasteiger partial charge in [0.2, 0.25) is 0 Å². The van der Waals surface area contributed by atoms with Crippen LogP contribution in [0.5, 0.6) is 0 Å². The van der Waals surface area contributed by atoms with E-state index in [1.54, 1.807) is 0 Å². The number of ether oxygens (including phenoxy) is 1. The molecule has 0 aromatic carbocycles. The first-order chi connectivity index (χ1) is 2.93. The van der Waals surface area contributed by atoms with Crippen molar-refractivity contribution in [3.05, 3.63) is 0 Å². The van der Waals surface area contributed by atoms with E-state index in [1.807, 2.05) is 0 Å². The SMILES string of the molecule is [O]OCC1CO1. The minimum absolute atomic E-state index is 0.113. The molecule has 0 aromatic heterocycles. The van der Waals surface area contributed by atoms with E-state index in [4.69, 9.17) is 0 Å². The Morgan fingerprint density at radius 2 is 2.67 bits per heavy atom. The highest BCUT2D eigenvalue weighted by Crippen LogP contribution is 2.07. The quantitative estimate of drug-likeness (QED) is 0.266. The summed E-state index contributed by atoms with van der Waals surface area (Å²) in [6.45, 7) is 0.905. The van der Waals surface area contributed by atoms with Gasteiger partial charge in [-0.2, -0.15) is 0 Å². The molecule has 0 bridgehead atoms. The Morgan fingerprint density at radius 3 is 2.83 bits per heavy atom. The van der Waals surface area contributed by atoms with Gasteiger partial charge < -0.3 is 4.74 Å². The standard InChI is InChI=1S/C3H5O3/c4-6-2-3-1-5-3/h3H,1-2H2. The molecule has 1 fully saturated rings. The molecule has 3 nitrogen and oxygen atoms in total. The first kappa shape index (κ1) is 4.05. The van der Waals surface area contributed by atoms with Gasteiger partial charge in [0.05, 0.1) is 6.61 Å². The zero-order chi connectivity index (χ0) is 4.41. The number of epoxide rings is 1. The Morgan fingerprint density at radius 1 is 2.00 bits per heavy atom. The molecule has 1 aliphatic rings. The molecule has 1 rings (SSSR count). The van der Waals surface area contributed by atoms with Crippen LogP contribution in [0.15, 0.2) is 0 Å². The van der Waals surface area contributed by atoms with E-state index >= 15 is 0 Å². The minimum atomic E-state index is 0.113. The molecule has 0 N–H and O–H groups in total. The number of rotatable bonds is 2. The maximum absolute atomic E-state index is 9.20. The molecule has 1 aliphatic heterocycles. The van der Waals surface area contributed by atoms with Gasteiger partial charge in [-0.05, 0) is 5.26 Å². The molecule has 3 heteroatoms. The summed E-state index contributed by atoms with van der Waals surface area (Å²) >= 11 is 0. The lowest BCUT2D eigenvalue weighted by Gasteiger charge is -1.78. The Labute approximate surface area is 35.4 Å². The normalized spacial score (nSPS) is 30.5. The molecule has 1 heterocycles. The molecule has 1 unspecified atom stereocenters. The first-order valence-corrected chi connectivity index (χ1v) is 1.80. The summed E-state index contributed by atoms with van der Waals surface area (Å²) < 4.78 is 4.62. The average Bonchev–Trinajstić information content (AvgIpc) is 2.21. The Kier molecular flexibility index (Phi) is 1.05. The summed E-state index contributed by atoms with van der Waals surface area (Å²) in [5, 5.41) is 9.20. The van der Waals surface area contributed by atoms with Gasteiger partial charge in [0, 0.05) is 0 Å². The molecule has 6 heavy (non-hydrogen) atoms. The maximum atomic E-state index is 9.20. The Balaban J connectivity index is 1.88. The highest BCUT2D eigenvalue weighted by atomic mass is 17.1. The fraction of sp³-hybridized carbons (Fsp3) is 1.00. The molecule has 1 saturated heterocycles. The average molecular weight is 89.1 g/mol. The molecule has 1 atom stereocenters. The summed E-state index contributed by atoms with van der Waals surface area (Å²) in [5.74, 6) is 0. The third-order valence-electron chi connectivity index (χ3n) is 0.656. The smallest absolute Gasteiger partial charge is 0.114 e. The molecule has 0 aromatic rings. The van der Waals surface area contributed by atoms with Crippen LogP contribution in [0.4, 0.5) is 0 Å². The first-order valence-electron chi connectivity index (χ1n) is 1.80. The molecular weight excluding hydrogens is 84.0 g/mol. The second-order valence-electron chi connectivity index (χ2n) is 1.24. The van der Waals surface area contributed by atoms with E-state index < -0.39 is 0 Å². The van der Waals surface area contributed by atoms with E-state index in [1.165, 1.54) is 0 Å². The van der Waals surface area contributed by atoms with Crippen LogP contribution in [0.1, 0.15) is 0 Å². The minimum Gasteiger partial charge on any atom is -0.370 e. The van der Waals surface area contributed by atoms with E-state index in [2.05, 4.69) is 9.62 Å². The van der Waals surface area contributed by atoms with Crippen molar-refractivity contribution in [3.63, 3.8) is 0 Å². The monoisotopic (exact) mass is 89.0 g/mol. The third kappa shape index (κ3) is 0.931. The van der Waals surface area contributed by atoms with Crippen LogP contribution in [-0.4, -0.2) is 19.3 Å². The van der Waals surface area contributed by atoms with Crippen LogP contribution in [0, 0.1) is 0 Å². The summed E-state index contributed by atoms with van der Waals surface area (Å²) in [7, 11) is 0. The number of hydrogen-bond acceptors (Lipinski definition) is 2. The predicted molar refractivity (Wildman–Crippen MR) is 16.4 cm³/mol. The van der Waals surface area contributed by atoms with Gasteiger partial charge in [-0.15, -0.1) is 0 Å². The topological polar surface area (TPSA) is 41.7 Å². The second kappa shape index (κ2) is 1.55. The lowest BCUT2D eigenvalue weighted by atomic mass is 10.5. The summed E-state index contributed by atoms with van der Waals surface area (Å²) in [4.78, 5) is 3.49. The molecular formula is C3H5O3.